The Morgan fingerprint density at radius 2 is 1.62 bits per heavy atom. The van der Waals surface area contributed by atoms with Gasteiger partial charge in [-0.15, -0.1) is 11.8 Å². The zero-order valence-corrected chi connectivity index (χ0v) is 40.9. The Morgan fingerprint density at radius 1 is 1.02 bits per heavy atom. The second-order valence-electron chi connectivity index (χ2n) is 18.1. The topological polar surface area (TPSA) is 198 Å². The summed E-state index contributed by atoms with van der Waals surface area (Å²) >= 11 is 3.12. The van der Waals surface area contributed by atoms with Gasteiger partial charge in [-0.1, -0.05) is 84.9 Å². The van der Waals surface area contributed by atoms with E-state index in [1.54, 1.807) is 30.4 Å². The van der Waals surface area contributed by atoms with Crippen LogP contribution in [0.3, 0.4) is 0 Å². The number of hydrogen-bond donors (Lipinski definition) is 5. The van der Waals surface area contributed by atoms with E-state index in [0.717, 1.165) is 30.2 Å². The van der Waals surface area contributed by atoms with Crippen LogP contribution in [0.5, 0.6) is 0 Å². The number of carbonyl (C=O) groups excluding carboxylic acids is 5. The normalized spacial score (nSPS) is 22.0. The van der Waals surface area contributed by atoms with E-state index in [1.165, 1.54) is 16.7 Å². The lowest BCUT2D eigenvalue weighted by atomic mass is 9.76. The minimum absolute atomic E-state index is 0.0219. The maximum Gasteiger partial charge on any atom is 0.260 e. The average molecular weight is 990 g/mol. The Morgan fingerprint density at radius 3 is 2.15 bits per heavy atom. The van der Waals surface area contributed by atoms with Gasteiger partial charge in [0.1, 0.15) is 12.3 Å². The first kappa shape index (κ1) is 51.6. The van der Waals surface area contributed by atoms with Crippen molar-refractivity contribution in [3.05, 3.63) is 47.5 Å². The maximum absolute atomic E-state index is 14.2. The van der Waals surface area contributed by atoms with Crippen molar-refractivity contribution in [2.24, 2.45) is 23.2 Å². The molecule has 1 aliphatic carbocycles. The molecule has 5 atom stereocenters. The first-order chi connectivity index (χ1) is 27.8. The minimum Gasteiger partial charge on any atom is -0.373 e. The molecular weight excluding hydrogens is 922 g/mol. The van der Waals surface area contributed by atoms with E-state index in [2.05, 4.69) is 20.8 Å². The van der Waals surface area contributed by atoms with Crippen molar-refractivity contribution in [1.29, 1.82) is 0 Å². The summed E-state index contributed by atoms with van der Waals surface area (Å²) in [7, 11) is 0.964. The zero-order valence-electron chi connectivity index (χ0n) is 37.1. The average Bonchev–Trinajstić information content (AvgIpc) is 3.42. The van der Waals surface area contributed by atoms with E-state index in [1.807, 2.05) is 102 Å². The fourth-order valence-electron chi connectivity index (χ4n) is 7.97. The summed E-state index contributed by atoms with van der Waals surface area (Å²) in [5.41, 5.74) is 2.54. The molecule has 2 fully saturated rings. The van der Waals surface area contributed by atoms with Gasteiger partial charge in [0, 0.05) is 72.6 Å². The number of likely N-dealkylation sites (tertiary alicyclic amines) is 1. The molecule has 0 spiro atoms. The molecule has 5 N–H and O–H groups in total. The molecule has 18 heteroatoms. The molecule has 1 aliphatic heterocycles. The lowest BCUT2D eigenvalue weighted by Crippen LogP contribution is -2.61. The number of benzene rings is 1. The number of likely N-dealkylation sites (N-methyl/N-ethyl adjacent to an activating group) is 2. The molecule has 1 aromatic rings. The zero-order chi connectivity index (χ0) is 45.3. The molecule has 15 nitrogen and oxygen atoms in total. The van der Waals surface area contributed by atoms with E-state index in [9.17, 15) is 37.5 Å². The van der Waals surface area contributed by atoms with E-state index in [-0.39, 0.29) is 59.1 Å². The maximum atomic E-state index is 14.2. The fraction of sp³-hybridized carbons (Fsp3) is 0.690. The number of halogens is 1. The summed E-state index contributed by atoms with van der Waals surface area (Å²) in [6.45, 7) is 15.2. The monoisotopic (exact) mass is 989 g/mol. The molecule has 1 saturated carbocycles. The lowest BCUT2D eigenvalue weighted by Gasteiger charge is -2.40. The summed E-state index contributed by atoms with van der Waals surface area (Å²) in [6, 6.07) is 7.45. The molecule has 338 valence electrons. The van der Waals surface area contributed by atoms with Gasteiger partial charge in [0.15, 0.2) is 0 Å². The van der Waals surface area contributed by atoms with Crippen LogP contribution in [0.4, 0.5) is 0 Å². The van der Waals surface area contributed by atoms with Crippen LogP contribution in [0, 0.1) is 23.2 Å². The molecule has 0 aromatic heterocycles. The standard InChI is InChI=1S/C42H68IN7O8S2/c1-26(2)31(48(10)40(56)35(41(4,5)6)45-38(54)34(44-9)42(7,8)30-15-13-12-14-16-30)23-27(3)36(52)47-60(57,58)22-21-59-32-24-33(51)50(39(32)55)25-28-17-19-29(20-18-28)37(53)46-49(11)43/h12-16,23,26,28-29,31-35,44,51H,17-22,24-25H2,1-11H3,(H,45,54)(H,46,53)(H,47,52)/b27-23+/t28?,29?,31-,32?,33?,34-,35-/m1/s1. The van der Waals surface area contributed by atoms with E-state index >= 15 is 0 Å². The number of carbonyl (C=O) groups is 5. The second-order valence-corrected chi connectivity index (χ2v) is 22.7. The highest BCUT2D eigenvalue weighted by atomic mass is 127. The van der Waals surface area contributed by atoms with E-state index < -0.39 is 62.1 Å². The molecular formula is C42H68IN7O8S2. The summed E-state index contributed by atoms with van der Waals surface area (Å²) in [5, 5.41) is 16.3. The molecule has 5 amide bonds. The molecule has 0 radical (unpaired) electrons. The van der Waals surface area contributed by atoms with Gasteiger partial charge in [0.2, 0.25) is 33.7 Å². The van der Waals surface area contributed by atoms with Gasteiger partial charge >= 0.3 is 0 Å². The molecule has 1 aromatic carbocycles. The number of hydrogen-bond acceptors (Lipinski definition) is 11. The van der Waals surface area contributed by atoms with Crippen LogP contribution in [-0.2, 0) is 39.4 Å². The molecule has 0 bridgehead atoms. The van der Waals surface area contributed by atoms with Crippen molar-refractivity contribution in [2.45, 2.75) is 123 Å². The highest BCUT2D eigenvalue weighted by Gasteiger charge is 2.43. The Labute approximate surface area is 375 Å². The van der Waals surface area contributed by atoms with Crippen LogP contribution in [-0.4, -0.2) is 125 Å². The first-order valence-electron chi connectivity index (χ1n) is 20.6. The van der Waals surface area contributed by atoms with E-state index in [0.29, 0.717) is 19.4 Å². The van der Waals surface area contributed by atoms with Crippen LogP contribution in [0.2, 0.25) is 0 Å². The number of amides is 5. The van der Waals surface area contributed by atoms with Crippen LogP contribution >= 0.6 is 34.6 Å². The van der Waals surface area contributed by atoms with Crippen molar-refractivity contribution in [3.63, 3.8) is 0 Å². The third-order valence-corrected chi connectivity index (χ3v) is 14.6. The smallest absolute Gasteiger partial charge is 0.260 e. The first-order valence-corrected chi connectivity index (χ1v) is 24.3. The van der Waals surface area contributed by atoms with Crippen LogP contribution < -0.4 is 20.8 Å². The number of nitrogens with one attached hydrogen (secondary N) is 4. The third kappa shape index (κ3) is 14.1. The van der Waals surface area contributed by atoms with Crippen molar-refractivity contribution >= 4 is 74.2 Å². The van der Waals surface area contributed by atoms with Crippen molar-refractivity contribution in [3.8, 4) is 0 Å². The summed E-state index contributed by atoms with van der Waals surface area (Å²) in [6.07, 6.45) is 3.68. The number of thioether (sulfide) groups is 1. The van der Waals surface area contributed by atoms with Gasteiger partial charge in [-0.05, 0) is 62.5 Å². The van der Waals surface area contributed by atoms with Crippen LogP contribution in [0.25, 0.3) is 0 Å². The second kappa shape index (κ2) is 22.0. The van der Waals surface area contributed by atoms with Crippen LogP contribution in [0.15, 0.2) is 42.0 Å². The van der Waals surface area contributed by atoms with Gasteiger partial charge in [-0.25, -0.2) is 13.1 Å². The number of rotatable bonds is 19. The Kier molecular flexibility index (Phi) is 18.9. The largest absolute Gasteiger partial charge is 0.373 e. The Hall–Kier alpha value is -2.78. The number of aliphatic hydroxyl groups excluding tert-OH is 1. The Bertz CT molecular complexity index is 1800. The van der Waals surface area contributed by atoms with Gasteiger partial charge in [0.05, 0.1) is 23.1 Å². The molecule has 2 unspecified atom stereocenters. The fourth-order valence-corrected chi connectivity index (χ4v) is 10.9. The summed E-state index contributed by atoms with van der Waals surface area (Å²) < 4.78 is 29.9. The summed E-state index contributed by atoms with van der Waals surface area (Å²) in [4.78, 5) is 70.0. The number of sulfonamides is 1. The highest BCUT2D eigenvalue weighted by Crippen LogP contribution is 2.34. The third-order valence-electron chi connectivity index (χ3n) is 11.6. The number of aliphatic hydroxyl groups is 1. The number of nitrogens with zero attached hydrogens (tertiary/aromatic N) is 3. The number of hydrazine groups is 1. The molecule has 2 aliphatic rings. The SMILES string of the molecule is CN[C@H](C(=O)N[C@H](C(=O)N(C)[C@H](/C=C(\C)C(=O)NS(=O)(=O)CCSC1CC(O)N(CC2CCC(C(=O)NN(C)I)CC2)C1=O)C(C)C)C(C)(C)C)C(C)(C)c1ccccc1. The molecule has 60 heavy (non-hydrogen) atoms. The van der Waals surface area contributed by atoms with Crippen molar-refractivity contribution in [2.75, 3.05) is 39.2 Å². The molecule has 1 saturated heterocycles. The minimum atomic E-state index is -4.11. The van der Waals surface area contributed by atoms with Gasteiger partial charge in [-0.2, -0.15) is 3.22 Å². The molecule has 1 heterocycles. The highest BCUT2D eigenvalue weighted by molar-refractivity contribution is 14.1. The van der Waals surface area contributed by atoms with Gasteiger partial charge in [0.25, 0.3) is 5.91 Å². The lowest BCUT2D eigenvalue weighted by molar-refractivity contribution is -0.141. The molecule has 3 rings (SSSR count). The predicted molar refractivity (Wildman–Crippen MR) is 245 cm³/mol. The van der Waals surface area contributed by atoms with Gasteiger partial charge < -0.3 is 25.5 Å². The van der Waals surface area contributed by atoms with Crippen molar-refractivity contribution < 1.29 is 37.5 Å². The quantitative estimate of drug-likeness (QED) is 0.0587. The van der Waals surface area contributed by atoms with Crippen molar-refractivity contribution in [1.82, 2.24) is 33.8 Å². The Balaban J connectivity index is 1.60. The predicted octanol–water partition coefficient (Wildman–Crippen LogP) is 3.73. The summed E-state index contributed by atoms with van der Waals surface area (Å²) in [5.74, 6) is -2.32. The van der Waals surface area contributed by atoms with Crippen LogP contribution in [0.1, 0.15) is 93.1 Å². The van der Waals surface area contributed by atoms with E-state index in [4.69, 9.17) is 0 Å². The van der Waals surface area contributed by atoms with Gasteiger partial charge in [-0.3, -0.25) is 29.4 Å².